The van der Waals surface area contributed by atoms with Gasteiger partial charge in [0.05, 0.1) is 12.3 Å². The van der Waals surface area contributed by atoms with Crippen molar-refractivity contribution >= 4 is 28.9 Å². The van der Waals surface area contributed by atoms with E-state index in [9.17, 15) is 4.79 Å². The third-order valence-corrected chi connectivity index (χ3v) is 3.17. The number of nitrogens with one attached hydrogen (secondary N) is 2. The Bertz CT molecular complexity index is 672. The van der Waals surface area contributed by atoms with Crippen LogP contribution in [0.15, 0.2) is 54.6 Å². The van der Waals surface area contributed by atoms with Crippen LogP contribution in [0.2, 0.25) is 0 Å². The van der Waals surface area contributed by atoms with Gasteiger partial charge in [0.25, 0.3) is 5.91 Å². The molecule has 0 unspecified atom stereocenters. The van der Waals surface area contributed by atoms with Gasteiger partial charge >= 0.3 is 0 Å². The minimum atomic E-state index is -0.247. The predicted octanol–water partition coefficient (Wildman–Crippen LogP) is 3.85. The first-order valence-corrected chi connectivity index (χ1v) is 7.86. The molecule has 2 N–H and O–H groups in total. The van der Waals surface area contributed by atoms with Crippen LogP contribution in [-0.2, 0) is 0 Å². The number of ether oxygens (including phenoxy) is 1. The van der Waals surface area contributed by atoms with Crippen molar-refractivity contribution in [2.24, 2.45) is 5.92 Å². The molecule has 0 saturated carbocycles. The summed E-state index contributed by atoms with van der Waals surface area (Å²) in [6.45, 7) is 4.78. The zero-order valence-corrected chi connectivity index (χ0v) is 14.0. The van der Waals surface area contributed by atoms with Crippen LogP contribution in [0.1, 0.15) is 24.2 Å². The second-order valence-electron chi connectivity index (χ2n) is 5.48. The first kappa shape index (κ1) is 17.0. The Morgan fingerprint density at radius 3 is 2.43 bits per heavy atom. The first-order valence-electron chi connectivity index (χ1n) is 7.45. The molecule has 0 aliphatic rings. The number of para-hydroxylation sites is 2. The molecule has 1 amide bonds. The molecule has 23 heavy (non-hydrogen) atoms. The van der Waals surface area contributed by atoms with Crippen LogP contribution in [-0.4, -0.2) is 17.6 Å². The van der Waals surface area contributed by atoms with Gasteiger partial charge in [-0.2, -0.15) is 0 Å². The Morgan fingerprint density at radius 1 is 1.09 bits per heavy atom. The minimum Gasteiger partial charge on any atom is -0.491 e. The summed E-state index contributed by atoms with van der Waals surface area (Å²) in [5, 5.41) is 5.91. The summed E-state index contributed by atoms with van der Waals surface area (Å²) in [5.41, 5.74) is 1.28. The molecule has 2 aromatic rings. The molecular weight excluding hydrogens is 308 g/mol. The first-order chi connectivity index (χ1) is 11.1. The van der Waals surface area contributed by atoms with Crippen LogP contribution in [0.3, 0.4) is 0 Å². The summed E-state index contributed by atoms with van der Waals surface area (Å²) in [6, 6.07) is 16.4. The van der Waals surface area contributed by atoms with E-state index in [-0.39, 0.29) is 11.0 Å². The fourth-order valence-electron chi connectivity index (χ4n) is 1.87. The van der Waals surface area contributed by atoms with Crippen LogP contribution in [0, 0.1) is 5.92 Å². The van der Waals surface area contributed by atoms with E-state index >= 15 is 0 Å². The lowest BCUT2D eigenvalue weighted by Crippen LogP contribution is -2.34. The summed E-state index contributed by atoms with van der Waals surface area (Å²) < 4.78 is 5.75. The van der Waals surface area contributed by atoms with Gasteiger partial charge in [0.1, 0.15) is 5.75 Å². The highest BCUT2D eigenvalue weighted by molar-refractivity contribution is 7.80. The van der Waals surface area contributed by atoms with Gasteiger partial charge in [-0.1, -0.05) is 44.2 Å². The standard InChI is InChI=1S/C18H20N2O2S/c1-13(2)12-22-16-11-7-6-10-15(16)19-18(23)20-17(21)14-8-4-3-5-9-14/h3-11,13H,12H2,1-2H3,(H2,19,20,21,23). The average Bonchev–Trinajstić information content (AvgIpc) is 2.54. The summed E-state index contributed by atoms with van der Waals surface area (Å²) in [6.07, 6.45) is 0. The summed E-state index contributed by atoms with van der Waals surface area (Å²) >= 11 is 5.21. The zero-order valence-electron chi connectivity index (χ0n) is 13.2. The lowest BCUT2D eigenvalue weighted by Gasteiger charge is -2.15. The normalized spacial score (nSPS) is 10.2. The molecule has 2 rings (SSSR count). The molecule has 0 spiro atoms. The number of carbonyl (C=O) groups excluding carboxylic acids is 1. The van der Waals surface area contributed by atoms with Gasteiger partial charge in [0.2, 0.25) is 0 Å². The molecule has 0 aliphatic carbocycles. The van der Waals surface area contributed by atoms with Gasteiger partial charge in [0, 0.05) is 5.56 Å². The van der Waals surface area contributed by atoms with Crippen LogP contribution in [0.4, 0.5) is 5.69 Å². The molecule has 2 aromatic carbocycles. The Kier molecular flexibility index (Phi) is 6.11. The lowest BCUT2D eigenvalue weighted by molar-refractivity contribution is 0.0977. The third kappa shape index (κ3) is 5.38. The molecular formula is C18H20N2O2S. The summed E-state index contributed by atoms with van der Waals surface area (Å²) in [5.74, 6) is 0.883. The van der Waals surface area contributed by atoms with E-state index in [0.717, 1.165) is 5.69 Å². The number of benzene rings is 2. The molecule has 0 heterocycles. The molecule has 4 nitrogen and oxygen atoms in total. The van der Waals surface area contributed by atoms with Gasteiger partial charge in [-0.05, 0) is 42.4 Å². The zero-order chi connectivity index (χ0) is 16.7. The number of amides is 1. The van der Waals surface area contributed by atoms with E-state index in [1.807, 2.05) is 30.3 Å². The molecule has 0 saturated heterocycles. The van der Waals surface area contributed by atoms with Crippen molar-refractivity contribution in [3.63, 3.8) is 0 Å². The Labute approximate surface area is 141 Å². The maximum absolute atomic E-state index is 12.1. The molecule has 0 radical (unpaired) electrons. The van der Waals surface area contributed by atoms with Crippen LogP contribution >= 0.6 is 12.2 Å². The highest BCUT2D eigenvalue weighted by Gasteiger charge is 2.09. The monoisotopic (exact) mass is 328 g/mol. The van der Waals surface area contributed by atoms with Crippen LogP contribution < -0.4 is 15.4 Å². The topological polar surface area (TPSA) is 50.4 Å². The van der Waals surface area contributed by atoms with Gasteiger partial charge in [-0.25, -0.2) is 0 Å². The minimum absolute atomic E-state index is 0.236. The number of rotatable bonds is 5. The van der Waals surface area contributed by atoms with Crippen molar-refractivity contribution < 1.29 is 9.53 Å². The molecule has 0 atom stereocenters. The van der Waals surface area contributed by atoms with E-state index in [4.69, 9.17) is 17.0 Å². The number of carbonyl (C=O) groups is 1. The average molecular weight is 328 g/mol. The smallest absolute Gasteiger partial charge is 0.257 e. The van der Waals surface area contributed by atoms with Gasteiger partial charge in [-0.15, -0.1) is 0 Å². The van der Waals surface area contributed by atoms with Gasteiger partial charge in [-0.3, -0.25) is 10.1 Å². The van der Waals surface area contributed by atoms with Gasteiger partial charge < -0.3 is 10.1 Å². The quantitative estimate of drug-likeness (QED) is 0.819. The van der Waals surface area contributed by atoms with E-state index in [2.05, 4.69) is 24.5 Å². The Balaban J connectivity index is 1.99. The summed E-state index contributed by atoms with van der Waals surface area (Å²) in [4.78, 5) is 12.1. The number of hydrogen-bond donors (Lipinski definition) is 2. The fraction of sp³-hybridized carbons (Fsp3) is 0.222. The molecule has 120 valence electrons. The van der Waals surface area contributed by atoms with E-state index in [1.54, 1.807) is 24.3 Å². The van der Waals surface area contributed by atoms with E-state index in [1.165, 1.54) is 0 Å². The number of anilines is 1. The largest absolute Gasteiger partial charge is 0.491 e. The Morgan fingerprint density at radius 2 is 1.74 bits per heavy atom. The Hall–Kier alpha value is -2.40. The van der Waals surface area contributed by atoms with Crippen molar-refractivity contribution in [3.8, 4) is 5.75 Å². The maximum Gasteiger partial charge on any atom is 0.257 e. The lowest BCUT2D eigenvalue weighted by atomic mass is 10.2. The highest BCUT2D eigenvalue weighted by atomic mass is 32.1. The number of thiocarbonyl (C=S) groups is 1. The van der Waals surface area contributed by atoms with Crippen molar-refractivity contribution in [2.75, 3.05) is 11.9 Å². The SMILES string of the molecule is CC(C)COc1ccccc1NC(=S)NC(=O)c1ccccc1. The fourth-order valence-corrected chi connectivity index (χ4v) is 2.07. The molecule has 0 aromatic heterocycles. The molecule has 0 bridgehead atoms. The van der Waals surface area contributed by atoms with Crippen molar-refractivity contribution in [2.45, 2.75) is 13.8 Å². The molecule has 0 aliphatic heterocycles. The van der Waals surface area contributed by atoms with Gasteiger partial charge in [0.15, 0.2) is 5.11 Å². The van der Waals surface area contributed by atoms with Crippen LogP contribution in [0.5, 0.6) is 5.75 Å². The number of hydrogen-bond acceptors (Lipinski definition) is 3. The highest BCUT2D eigenvalue weighted by Crippen LogP contribution is 2.24. The van der Waals surface area contributed by atoms with E-state index < -0.39 is 0 Å². The molecule has 5 heteroatoms. The molecule has 0 fully saturated rings. The second kappa shape index (κ2) is 8.29. The second-order valence-corrected chi connectivity index (χ2v) is 5.88. The third-order valence-electron chi connectivity index (χ3n) is 2.97. The van der Waals surface area contributed by atoms with Crippen molar-refractivity contribution in [3.05, 3.63) is 60.2 Å². The predicted molar refractivity (Wildman–Crippen MR) is 96.9 cm³/mol. The van der Waals surface area contributed by atoms with Crippen molar-refractivity contribution in [1.29, 1.82) is 0 Å². The van der Waals surface area contributed by atoms with Crippen LogP contribution in [0.25, 0.3) is 0 Å². The maximum atomic E-state index is 12.1. The van der Waals surface area contributed by atoms with Crippen molar-refractivity contribution in [1.82, 2.24) is 5.32 Å². The van der Waals surface area contributed by atoms with E-state index in [0.29, 0.717) is 23.8 Å². The summed E-state index contributed by atoms with van der Waals surface area (Å²) in [7, 11) is 0.